The van der Waals surface area contributed by atoms with Crippen molar-refractivity contribution in [3.05, 3.63) is 52.5 Å². The molecule has 3 rings (SSSR count). The predicted molar refractivity (Wildman–Crippen MR) is 94.6 cm³/mol. The number of aromatic nitrogens is 2. The number of carbonyl (C=O) groups excluding carboxylic acids is 1. The molecular formula is C18H19BrFN3O2. The number of piperidine rings is 1. The molecule has 1 aliphatic rings. The van der Waals surface area contributed by atoms with Crippen LogP contribution in [0.2, 0.25) is 0 Å². The lowest BCUT2D eigenvalue weighted by Crippen LogP contribution is -2.40. The summed E-state index contributed by atoms with van der Waals surface area (Å²) < 4.78 is 19.4. The van der Waals surface area contributed by atoms with Crippen LogP contribution in [0, 0.1) is 11.7 Å². The zero-order valence-electron chi connectivity index (χ0n) is 13.7. The Balaban J connectivity index is 1.46. The highest BCUT2D eigenvalue weighted by Gasteiger charge is 2.24. The van der Waals surface area contributed by atoms with Crippen molar-refractivity contribution in [3.63, 3.8) is 0 Å². The van der Waals surface area contributed by atoms with Gasteiger partial charge >= 0.3 is 6.01 Å². The molecule has 1 fully saturated rings. The van der Waals surface area contributed by atoms with Crippen LogP contribution >= 0.6 is 15.9 Å². The Morgan fingerprint density at radius 3 is 2.68 bits per heavy atom. The maximum atomic E-state index is 13.1. The number of hydrogen-bond donors (Lipinski definition) is 0. The van der Waals surface area contributed by atoms with Crippen LogP contribution in [0.25, 0.3) is 0 Å². The lowest BCUT2D eigenvalue weighted by Gasteiger charge is -2.31. The number of amides is 1. The standard InChI is InChI=1S/C18H19BrFN3O2/c19-16-11-15(20)3-2-14(16)10-17(24)23-8-4-13(5-9-23)12-25-18-21-6-1-7-22-18/h1-3,6-7,11,13H,4-5,8-10,12H2. The van der Waals surface area contributed by atoms with Gasteiger partial charge in [-0.25, -0.2) is 14.4 Å². The van der Waals surface area contributed by atoms with Crippen LogP contribution in [0.15, 0.2) is 41.1 Å². The maximum absolute atomic E-state index is 13.1. The molecule has 0 aliphatic carbocycles. The van der Waals surface area contributed by atoms with E-state index in [0.717, 1.165) is 18.4 Å². The highest BCUT2D eigenvalue weighted by atomic mass is 79.9. The van der Waals surface area contributed by atoms with Crippen molar-refractivity contribution < 1.29 is 13.9 Å². The van der Waals surface area contributed by atoms with Crippen LogP contribution in [0.3, 0.4) is 0 Å². The molecular weight excluding hydrogens is 389 g/mol. The van der Waals surface area contributed by atoms with Crippen molar-refractivity contribution in [3.8, 4) is 6.01 Å². The van der Waals surface area contributed by atoms with Crippen LogP contribution in [-0.2, 0) is 11.2 Å². The largest absolute Gasteiger partial charge is 0.463 e. The van der Waals surface area contributed by atoms with E-state index in [2.05, 4.69) is 25.9 Å². The minimum atomic E-state index is -0.314. The van der Waals surface area contributed by atoms with E-state index < -0.39 is 0 Å². The summed E-state index contributed by atoms with van der Waals surface area (Å²) in [7, 11) is 0. The Bertz CT molecular complexity index is 722. The summed E-state index contributed by atoms with van der Waals surface area (Å²) in [6.45, 7) is 1.98. The molecule has 5 nitrogen and oxygen atoms in total. The molecule has 1 aliphatic heterocycles. The molecule has 2 heterocycles. The van der Waals surface area contributed by atoms with E-state index in [1.54, 1.807) is 24.5 Å². The third-order valence-electron chi connectivity index (χ3n) is 4.31. The summed E-state index contributed by atoms with van der Waals surface area (Å²) in [5.41, 5.74) is 0.804. The van der Waals surface area contributed by atoms with Crippen LogP contribution in [0.1, 0.15) is 18.4 Å². The molecule has 0 atom stereocenters. The molecule has 25 heavy (non-hydrogen) atoms. The number of benzene rings is 1. The molecule has 1 saturated heterocycles. The molecule has 1 aromatic carbocycles. The molecule has 0 unspecified atom stereocenters. The van der Waals surface area contributed by atoms with Crippen molar-refractivity contribution in [2.75, 3.05) is 19.7 Å². The predicted octanol–water partition coefficient (Wildman–Crippen LogP) is 3.24. The molecule has 0 saturated carbocycles. The van der Waals surface area contributed by atoms with Crippen LogP contribution in [0.5, 0.6) is 6.01 Å². The lowest BCUT2D eigenvalue weighted by atomic mass is 9.97. The van der Waals surface area contributed by atoms with Crippen molar-refractivity contribution in [2.24, 2.45) is 5.92 Å². The summed E-state index contributed by atoms with van der Waals surface area (Å²) in [4.78, 5) is 22.4. The van der Waals surface area contributed by atoms with Gasteiger partial charge in [0, 0.05) is 30.0 Å². The highest BCUT2D eigenvalue weighted by molar-refractivity contribution is 9.10. The monoisotopic (exact) mass is 407 g/mol. The SMILES string of the molecule is O=C(Cc1ccc(F)cc1Br)N1CCC(COc2ncccn2)CC1. The number of likely N-dealkylation sites (tertiary alicyclic amines) is 1. The number of carbonyl (C=O) groups is 1. The fraction of sp³-hybridized carbons (Fsp3) is 0.389. The highest BCUT2D eigenvalue weighted by Crippen LogP contribution is 2.22. The molecule has 7 heteroatoms. The third-order valence-corrected chi connectivity index (χ3v) is 5.05. The average Bonchev–Trinajstić information content (AvgIpc) is 2.63. The fourth-order valence-corrected chi connectivity index (χ4v) is 3.33. The van der Waals surface area contributed by atoms with Gasteiger partial charge in [0.15, 0.2) is 0 Å². The Kier molecular flexibility index (Phi) is 5.96. The van der Waals surface area contributed by atoms with E-state index in [9.17, 15) is 9.18 Å². The van der Waals surface area contributed by atoms with Crippen LogP contribution < -0.4 is 4.74 Å². The van der Waals surface area contributed by atoms with Crippen molar-refractivity contribution in [2.45, 2.75) is 19.3 Å². The molecule has 0 spiro atoms. The Labute approximate surface area is 154 Å². The molecule has 2 aromatic rings. The van der Waals surface area contributed by atoms with Crippen LogP contribution in [-0.4, -0.2) is 40.5 Å². The topological polar surface area (TPSA) is 55.3 Å². The molecule has 0 N–H and O–H groups in total. The first-order valence-corrected chi connectivity index (χ1v) is 9.02. The third kappa shape index (κ3) is 4.98. The number of hydrogen-bond acceptors (Lipinski definition) is 4. The van der Waals surface area contributed by atoms with Gasteiger partial charge in [0.2, 0.25) is 5.91 Å². The van der Waals surface area contributed by atoms with Gasteiger partial charge in [0.25, 0.3) is 0 Å². The summed E-state index contributed by atoms with van der Waals surface area (Å²) in [6.07, 6.45) is 5.36. The average molecular weight is 408 g/mol. The minimum absolute atomic E-state index is 0.0677. The maximum Gasteiger partial charge on any atom is 0.316 e. The van der Waals surface area contributed by atoms with Crippen LogP contribution in [0.4, 0.5) is 4.39 Å². The van der Waals surface area contributed by atoms with E-state index in [1.807, 2.05) is 4.90 Å². The van der Waals surface area contributed by atoms with E-state index in [-0.39, 0.29) is 18.1 Å². The second kappa shape index (κ2) is 8.38. The minimum Gasteiger partial charge on any atom is -0.463 e. The van der Waals surface area contributed by atoms with Gasteiger partial charge in [-0.05, 0) is 42.5 Å². The summed E-state index contributed by atoms with van der Waals surface area (Å²) in [5, 5.41) is 0. The van der Waals surface area contributed by atoms with Crippen molar-refractivity contribution in [1.29, 1.82) is 0 Å². The van der Waals surface area contributed by atoms with E-state index in [0.29, 0.717) is 36.1 Å². The fourth-order valence-electron chi connectivity index (χ4n) is 2.84. The van der Waals surface area contributed by atoms with Crippen molar-refractivity contribution >= 4 is 21.8 Å². The number of halogens is 2. The quantitative estimate of drug-likeness (QED) is 0.763. The Hall–Kier alpha value is -2.02. The van der Waals surface area contributed by atoms with Gasteiger partial charge in [-0.1, -0.05) is 22.0 Å². The first-order chi connectivity index (χ1) is 12.1. The van der Waals surface area contributed by atoms with Gasteiger partial charge in [-0.3, -0.25) is 4.79 Å². The van der Waals surface area contributed by atoms with Gasteiger partial charge in [-0.2, -0.15) is 0 Å². The van der Waals surface area contributed by atoms with E-state index in [1.165, 1.54) is 12.1 Å². The zero-order chi connectivity index (χ0) is 17.6. The molecule has 1 amide bonds. The second-order valence-electron chi connectivity index (χ2n) is 6.08. The lowest BCUT2D eigenvalue weighted by molar-refractivity contribution is -0.132. The van der Waals surface area contributed by atoms with E-state index in [4.69, 9.17) is 4.74 Å². The van der Waals surface area contributed by atoms with Crippen molar-refractivity contribution in [1.82, 2.24) is 14.9 Å². The van der Waals surface area contributed by atoms with Gasteiger partial charge in [0.05, 0.1) is 13.0 Å². The Morgan fingerprint density at radius 2 is 2.00 bits per heavy atom. The molecule has 132 valence electrons. The normalized spacial score (nSPS) is 15.2. The number of nitrogens with zero attached hydrogens (tertiary/aromatic N) is 3. The second-order valence-corrected chi connectivity index (χ2v) is 6.93. The summed E-state index contributed by atoms with van der Waals surface area (Å²) >= 11 is 3.31. The van der Waals surface area contributed by atoms with E-state index >= 15 is 0 Å². The number of ether oxygens (including phenoxy) is 1. The summed E-state index contributed by atoms with van der Waals surface area (Å²) in [6, 6.07) is 6.55. The Morgan fingerprint density at radius 1 is 1.28 bits per heavy atom. The van der Waals surface area contributed by atoms with Gasteiger partial charge in [-0.15, -0.1) is 0 Å². The first kappa shape index (κ1) is 17.8. The zero-order valence-corrected chi connectivity index (χ0v) is 15.3. The first-order valence-electron chi connectivity index (χ1n) is 8.23. The summed E-state index contributed by atoms with van der Waals surface area (Å²) in [5.74, 6) is 0.148. The number of rotatable bonds is 5. The molecule has 0 radical (unpaired) electrons. The molecule has 1 aromatic heterocycles. The smallest absolute Gasteiger partial charge is 0.316 e. The van der Waals surface area contributed by atoms with Gasteiger partial charge in [0.1, 0.15) is 5.82 Å². The molecule has 0 bridgehead atoms. The van der Waals surface area contributed by atoms with Gasteiger partial charge < -0.3 is 9.64 Å².